The molecule has 0 bridgehead atoms. The third-order valence-corrected chi connectivity index (χ3v) is 3.90. The standard InChI is InChI=1S/C20H23ClN2O3/c1-13(2)26-18-10-6-16(7-11-18)20(25)22-12-19(24)23-14(3)15-4-8-17(21)9-5-15/h4-11,13-14H,12H2,1-3H3,(H,22,25)(H,23,24)/t14-/m0/s1. The van der Waals surface area contributed by atoms with Crippen molar-refractivity contribution in [3.05, 3.63) is 64.7 Å². The molecule has 6 heteroatoms. The van der Waals surface area contributed by atoms with E-state index < -0.39 is 0 Å². The molecule has 1 atom stereocenters. The van der Waals surface area contributed by atoms with Gasteiger partial charge in [0.05, 0.1) is 18.7 Å². The van der Waals surface area contributed by atoms with Gasteiger partial charge in [-0.05, 0) is 62.7 Å². The molecule has 2 amide bonds. The Hall–Kier alpha value is -2.53. The molecule has 26 heavy (non-hydrogen) atoms. The van der Waals surface area contributed by atoms with Crippen molar-refractivity contribution in [3.63, 3.8) is 0 Å². The third-order valence-electron chi connectivity index (χ3n) is 3.65. The molecule has 138 valence electrons. The van der Waals surface area contributed by atoms with Crippen molar-refractivity contribution in [2.24, 2.45) is 0 Å². The minimum atomic E-state index is -0.310. The van der Waals surface area contributed by atoms with E-state index in [4.69, 9.17) is 16.3 Å². The average Bonchev–Trinajstić information content (AvgIpc) is 2.60. The molecule has 2 N–H and O–H groups in total. The first-order chi connectivity index (χ1) is 12.3. The number of benzene rings is 2. The monoisotopic (exact) mass is 374 g/mol. The van der Waals surface area contributed by atoms with Crippen LogP contribution in [0.2, 0.25) is 5.02 Å². The molecule has 2 aromatic rings. The van der Waals surface area contributed by atoms with Crippen LogP contribution in [0.5, 0.6) is 5.75 Å². The molecule has 2 rings (SSSR count). The molecule has 0 saturated carbocycles. The molecule has 0 fully saturated rings. The minimum absolute atomic E-state index is 0.0704. The smallest absolute Gasteiger partial charge is 0.251 e. The Bertz CT molecular complexity index is 743. The van der Waals surface area contributed by atoms with Gasteiger partial charge in [0.1, 0.15) is 5.75 Å². The molecule has 0 aliphatic rings. The van der Waals surface area contributed by atoms with Gasteiger partial charge in [-0.25, -0.2) is 0 Å². The van der Waals surface area contributed by atoms with Crippen molar-refractivity contribution in [2.45, 2.75) is 32.9 Å². The Morgan fingerprint density at radius 2 is 1.62 bits per heavy atom. The van der Waals surface area contributed by atoms with E-state index in [9.17, 15) is 9.59 Å². The molecule has 0 unspecified atom stereocenters. The van der Waals surface area contributed by atoms with E-state index in [0.29, 0.717) is 16.3 Å². The Balaban J connectivity index is 1.82. The molecule has 0 spiro atoms. The highest BCUT2D eigenvalue weighted by Gasteiger charge is 2.12. The molecular weight excluding hydrogens is 352 g/mol. The fraction of sp³-hybridized carbons (Fsp3) is 0.300. The van der Waals surface area contributed by atoms with Crippen molar-refractivity contribution in [2.75, 3.05) is 6.54 Å². The number of carbonyl (C=O) groups is 2. The fourth-order valence-electron chi connectivity index (χ4n) is 2.35. The quantitative estimate of drug-likeness (QED) is 0.775. The van der Waals surface area contributed by atoms with E-state index >= 15 is 0 Å². The summed E-state index contributed by atoms with van der Waals surface area (Å²) in [5.41, 5.74) is 1.41. The zero-order chi connectivity index (χ0) is 19.1. The Morgan fingerprint density at radius 3 is 2.19 bits per heavy atom. The predicted molar refractivity (Wildman–Crippen MR) is 103 cm³/mol. The largest absolute Gasteiger partial charge is 0.491 e. The van der Waals surface area contributed by atoms with Gasteiger partial charge >= 0.3 is 0 Å². The number of halogens is 1. The molecule has 0 saturated heterocycles. The average molecular weight is 375 g/mol. The fourth-order valence-corrected chi connectivity index (χ4v) is 2.47. The molecule has 0 radical (unpaired) electrons. The Morgan fingerprint density at radius 1 is 1.00 bits per heavy atom. The number of ether oxygens (including phenoxy) is 1. The van der Waals surface area contributed by atoms with E-state index in [0.717, 1.165) is 5.56 Å². The molecular formula is C20H23ClN2O3. The van der Waals surface area contributed by atoms with Crippen LogP contribution in [0.25, 0.3) is 0 Å². The lowest BCUT2D eigenvalue weighted by Gasteiger charge is -2.15. The van der Waals surface area contributed by atoms with Crippen LogP contribution in [0.1, 0.15) is 42.7 Å². The highest BCUT2D eigenvalue weighted by molar-refractivity contribution is 6.30. The molecule has 0 aromatic heterocycles. The summed E-state index contributed by atoms with van der Waals surface area (Å²) in [6, 6.07) is 13.9. The van der Waals surface area contributed by atoms with Gasteiger partial charge in [0.2, 0.25) is 5.91 Å². The van der Waals surface area contributed by atoms with Crippen LogP contribution in [0.4, 0.5) is 0 Å². The summed E-state index contributed by atoms with van der Waals surface area (Å²) in [7, 11) is 0. The number of rotatable bonds is 7. The normalized spacial score (nSPS) is 11.7. The van der Waals surface area contributed by atoms with Crippen LogP contribution in [-0.4, -0.2) is 24.5 Å². The molecule has 2 aromatic carbocycles. The zero-order valence-electron chi connectivity index (χ0n) is 15.1. The highest BCUT2D eigenvalue weighted by atomic mass is 35.5. The number of hydrogen-bond donors (Lipinski definition) is 2. The van der Waals surface area contributed by atoms with E-state index in [1.54, 1.807) is 36.4 Å². The SMILES string of the molecule is CC(C)Oc1ccc(C(=O)NCC(=O)N[C@@H](C)c2ccc(Cl)cc2)cc1. The van der Waals surface area contributed by atoms with Crippen molar-refractivity contribution in [1.82, 2.24) is 10.6 Å². The summed E-state index contributed by atoms with van der Waals surface area (Å²) < 4.78 is 5.54. The van der Waals surface area contributed by atoms with Gasteiger partial charge in [0.15, 0.2) is 0 Å². The van der Waals surface area contributed by atoms with E-state index in [1.807, 2.05) is 32.9 Å². The minimum Gasteiger partial charge on any atom is -0.491 e. The van der Waals surface area contributed by atoms with E-state index in [1.165, 1.54) is 0 Å². The lowest BCUT2D eigenvalue weighted by Crippen LogP contribution is -2.38. The van der Waals surface area contributed by atoms with Crippen molar-refractivity contribution < 1.29 is 14.3 Å². The van der Waals surface area contributed by atoms with Crippen LogP contribution in [-0.2, 0) is 4.79 Å². The van der Waals surface area contributed by atoms with Gasteiger partial charge in [-0.15, -0.1) is 0 Å². The highest BCUT2D eigenvalue weighted by Crippen LogP contribution is 2.16. The number of hydrogen-bond acceptors (Lipinski definition) is 3. The maximum atomic E-state index is 12.1. The maximum Gasteiger partial charge on any atom is 0.251 e. The summed E-state index contributed by atoms with van der Waals surface area (Å²) in [6.07, 6.45) is 0.0704. The summed E-state index contributed by atoms with van der Waals surface area (Å²) in [5.74, 6) is 0.127. The lowest BCUT2D eigenvalue weighted by atomic mass is 10.1. The first kappa shape index (κ1) is 19.8. The zero-order valence-corrected chi connectivity index (χ0v) is 15.8. The second-order valence-corrected chi connectivity index (χ2v) is 6.65. The van der Waals surface area contributed by atoms with Crippen LogP contribution in [0, 0.1) is 0 Å². The first-order valence-electron chi connectivity index (χ1n) is 8.45. The van der Waals surface area contributed by atoms with Crippen LogP contribution >= 0.6 is 11.6 Å². The summed E-state index contributed by atoms with van der Waals surface area (Å²) in [6.45, 7) is 5.64. The molecule has 0 heterocycles. The van der Waals surface area contributed by atoms with Crippen molar-refractivity contribution >= 4 is 23.4 Å². The molecule has 5 nitrogen and oxygen atoms in total. The van der Waals surface area contributed by atoms with Crippen LogP contribution < -0.4 is 15.4 Å². The maximum absolute atomic E-state index is 12.1. The third kappa shape index (κ3) is 6.08. The van der Waals surface area contributed by atoms with E-state index in [2.05, 4.69) is 10.6 Å². The topological polar surface area (TPSA) is 67.4 Å². The summed E-state index contributed by atoms with van der Waals surface area (Å²) in [4.78, 5) is 24.2. The van der Waals surface area contributed by atoms with Crippen molar-refractivity contribution in [1.29, 1.82) is 0 Å². The first-order valence-corrected chi connectivity index (χ1v) is 8.82. The number of carbonyl (C=O) groups excluding carboxylic acids is 2. The summed E-state index contributed by atoms with van der Waals surface area (Å²) >= 11 is 5.86. The lowest BCUT2D eigenvalue weighted by molar-refractivity contribution is -0.120. The van der Waals surface area contributed by atoms with E-state index in [-0.39, 0.29) is 30.5 Å². The van der Waals surface area contributed by atoms with Gasteiger partial charge in [-0.2, -0.15) is 0 Å². The van der Waals surface area contributed by atoms with Gasteiger partial charge in [0, 0.05) is 10.6 Å². The van der Waals surface area contributed by atoms with Gasteiger partial charge in [0.25, 0.3) is 5.91 Å². The Kier molecular flexibility index (Phi) is 7.04. The van der Waals surface area contributed by atoms with Gasteiger partial charge in [-0.1, -0.05) is 23.7 Å². The van der Waals surface area contributed by atoms with Crippen molar-refractivity contribution in [3.8, 4) is 5.75 Å². The second kappa shape index (κ2) is 9.25. The van der Waals surface area contributed by atoms with Gasteiger partial charge in [-0.3, -0.25) is 9.59 Å². The molecule has 0 aliphatic heterocycles. The number of nitrogens with one attached hydrogen (secondary N) is 2. The molecule has 0 aliphatic carbocycles. The van der Waals surface area contributed by atoms with Gasteiger partial charge < -0.3 is 15.4 Å². The Labute approximate surface area is 158 Å². The number of amides is 2. The predicted octanol–water partition coefficient (Wildman–Crippen LogP) is 3.73. The van der Waals surface area contributed by atoms with Crippen LogP contribution in [0.3, 0.4) is 0 Å². The second-order valence-electron chi connectivity index (χ2n) is 6.21. The summed E-state index contributed by atoms with van der Waals surface area (Å²) in [5, 5.41) is 6.09. The van der Waals surface area contributed by atoms with Crippen LogP contribution in [0.15, 0.2) is 48.5 Å².